The zero-order chi connectivity index (χ0) is 25.0. The SMILES string of the molecule is CC1(C)C(=O)N(c2ccc(C#N)c(C(F)(F)F)c2F)C(=S)N1c1ccc2c(c1)CC[C@H](CO)O2. The van der Waals surface area contributed by atoms with E-state index >= 15 is 4.39 Å². The Morgan fingerprint density at radius 2 is 2.00 bits per heavy atom. The number of alkyl halides is 3. The van der Waals surface area contributed by atoms with Crippen molar-refractivity contribution < 1.29 is 32.2 Å². The molecule has 0 aliphatic carbocycles. The van der Waals surface area contributed by atoms with Crippen molar-refractivity contribution in [2.75, 3.05) is 16.4 Å². The van der Waals surface area contributed by atoms with Crippen molar-refractivity contribution in [3.8, 4) is 11.8 Å². The second-order valence-electron chi connectivity index (χ2n) is 8.50. The van der Waals surface area contributed by atoms with Crippen LogP contribution in [0.1, 0.15) is 37.0 Å². The van der Waals surface area contributed by atoms with Crippen LogP contribution in [0, 0.1) is 17.1 Å². The van der Waals surface area contributed by atoms with Crippen LogP contribution in [0.4, 0.5) is 28.9 Å². The van der Waals surface area contributed by atoms with Gasteiger partial charge >= 0.3 is 6.18 Å². The summed E-state index contributed by atoms with van der Waals surface area (Å²) >= 11 is 5.46. The fraction of sp³-hybridized carbons (Fsp3) is 0.348. The Labute approximate surface area is 197 Å². The molecule has 1 fully saturated rings. The number of aliphatic hydroxyl groups excluding tert-OH is 1. The van der Waals surface area contributed by atoms with Crippen LogP contribution in [0.3, 0.4) is 0 Å². The predicted molar refractivity (Wildman–Crippen MR) is 119 cm³/mol. The highest BCUT2D eigenvalue weighted by Crippen LogP contribution is 2.42. The largest absolute Gasteiger partial charge is 0.488 e. The average molecular weight is 493 g/mol. The van der Waals surface area contributed by atoms with Gasteiger partial charge in [0.25, 0.3) is 5.91 Å². The summed E-state index contributed by atoms with van der Waals surface area (Å²) in [6.45, 7) is 2.95. The van der Waals surface area contributed by atoms with Gasteiger partial charge in [-0.2, -0.15) is 18.4 Å². The van der Waals surface area contributed by atoms with E-state index in [0.717, 1.165) is 22.6 Å². The Kier molecular flexibility index (Phi) is 5.78. The number of aliphatic hydroxyl groups is 1. The van der Waals surface area contributed by atoms with Gasteiger partial charge < -0.3 is 14.7 Å². The number of ether oxygens (including phenoxy) is 1. The molecule has 0 bridgehead atoms. The van der Waals surface area contributed by atoms with Crippen molar-refractivity contribution in [2.45, 2.75) is 44.5 Å². The van der Waals surface area contributed by atoms with Gasteiger partial charge in [-0.05, 0) is 74.8 Å². The lowest BCUT2D eigenvalue weighted by atomic mass is 9.99. The molecule has 34 heavy (non-hydrogen) atoms. The van der Waals surface area contributed by atoms with Crippen LogP contribution in [0.25, 0.3) is 0 Å². The molecule has 1 atom stereocenters. The molecule has 1 N–H and O–H groups in total. The van der Waals surface area contributed by atoms with Crippen LogP contribution in [0.2, 0.25) is 0 Å². The second kappa shape index (κ2) is 8.21. The summed E-state index contributed by atoms with van der Waals surface area (Å²) in [4.78, 5) is 15.5. The van der Waals surface area contributed by atoms with Gasteiger partial charge in [0.1, 0.15) is 23.0 Å². The zero-order valence-corrected chi connectivity index (χ0v) is 18.9. The molecule has 11 heteroatoms. The lowest BCUT2D eigenvalue weighted by molar-refractivity contribution is -0.140. The Morgan fingerprint density at radius 1 is 1.29 bits per heavy atom. The minimum Gasteiger partial charge on any atom is -0.488 e. The third-order valence-electron chi connectivity index (χ3n) is 5.97. The first-order valence-corrected chi connectivity index (χ1v) is 10.7. The maximum absolute atomic E-state index is 15.1. The first kappa shape index (κ1) is 23.9. The van der Waals surface area contributed by atoms with Gasteiger partial charge in [0.15, 0.2) is 10.9 Å². The minimum atomic E-state index is -5.14. The molecule has 2 aliphatic heterocycles. The molecule has 2 aliphatic rings. The third kappa shape index (κ3) is 3.67. The zero-order valence-electron chi connectivity index (χ0n) is 18.1. The summed E-state index contributed by atoms with van der Waals surface area (Å²) in [6.07, 6.45) is -4.27. The van der Waals surface area contributed by atoms with Gasteiger partial charge in [-0.1, -0.05) is 0 Å². The lowest BCUT2D eigenvalue weighted by Gasteiger charge is -2.31. The highest BCUT2D eigenvalue weighted by atomic mass is 32.1. The highest BCUT2D eigenvalue weighted by Gasteiger charge is 2.52. The Bertz CT molecular complexity index is 1240. The van der Waals surface area contributed by atoms with Crippen molar-refractivity contribution in [1.29, 1.82) is 5.26 Å². The van der Waals surface area contributed by atoms with Gasteiger partial charge in [-0.25, -0.2) is 4.39 Å². The molecular formula is C23H19F4N3O3S. The average Bonchev–Trinajstić information content (AvgIpc) is 2.95. The van der Waals surface area contributed by atoms with E-state index in [-0.39, 0.29) is 17.8 Å². The number of aryl methyl sites for hydroxylation is 1. The number of thiocarbonyl (C=S) groups is 1. The van der Waals surface area contributed by atoms with Gasteiger partial charge in [0.2, 0.25) is 0 Å². The number of amides is 1. The molecular weight excluding hydrogens is 474 g/mol. The maximum Gasteiger partial charge on any atom is 0.420 e. The smallest absolute Gasteiger partial charge is 0.420 e. The fourth-order valence-corrected chi connectivity index (χ4v) is 4.76. The first-order valence-electron chi connectivity index (χ1n) is 10.3. The van der Waals surface area contributed by atoms with Crippen LogP contribution in [0.15, 0.2) is 30.3 Å². The molecule has 0 spiro atoms. The van der Waals surface area contributed by atoms with Gasteiger partial charge in [-0.3, -0.25) is 9.69 Å². The normalized spacial score (nSPS) is 19.6. The number of fused-ring (bicyclic) bond motifs is 1. The van der Waals surface area contributed by atoms with Crippen molar-refractivity contribution >= 4 is 34.6 Å². The molecule has 0 unspecified atom stereocenters. The number of nitriles is 1. The number of anilines is 2. The molecule has 6 nitrogen and oxygen atoms in total. The standard InChI is InChI=1S/C23H19F4N3O3S/c1-22(2)20(32)29(16-7-4-13(10-28)18(19(16)24)23(25,26)27)21(34)30(22)14-5-8-17-12(9-14)3-6-15(11-31)33-17/h4-5,7-9,15,31H,3,6,11H2,1-2H3/t15-/m1/s1. The Hall–Kier alpha value is -3.23. The monoisotopic (exact) mass is 493 g/mol. The van der Waals surface area contributed by atoms with E-state index in [4.69, 9.17) is 22.2 Å². The highest BCUT2D eigenvalue weighted by molar-refractivity contribution is 7.81. The molecule has 0 saturated carbocycles. The Balaban J connectivity index is 1.78. The fourth-order valence-electron chi connectivity index (χ4n) is 4.25. The maximum atomic E-state index is 15.1. The van der Waals surface area contributed by atoms with E-state index in [1.807, 2.05) is 0 Å². The number of hydrogen-bond donors (Lipinski definition) is 1. The molecule has 2 heterocycles. The lowest BCUT2D eigenvalue weighted by Crippen LogP contribution is -2.44. The van der Waals surface area contributed by atoms with E-state index in [1.165, 1.54) is 24.8 Å². The first-order chi connectivity index (χ1) is 15.9. The number of carbonyl (C=O) groups is 1. The minimum absolute atomic E-state index is 0.121. The third-order valence-corrected chi connectivity index (χ3v) is 6.33. The summed E-state index contributed by atoms with van der Waals surface area (Å²) in [5.41, 5.74) is -3.35. The number of benzene rings is 2. The quantitative estimate of drug-likeness (QED) is 0.507. The molecule has 0 aromatic heterocycles. The van der Waals surface area contributed by atoms with Crippen LogP contribution in [0.5, 0.6) is 5.75 Å². The predicted octanol–water partition coefficient (Wildman–Crippen LogP) is 4.32. The molecule has 2 aromatic carbocycles. The van der Waals surface area contributed by atoms with Crippen LogP contribution < -0.4 is 14.5 Å². The van der Waals surface area contributed by atoms with Gasteiger partial charge in [0, 0.05) is 5.69 Å². The molecule has 4 rings (SSSR count). The topological polar surface area (TPSA) is 76.8 Å². The summed E-state index contributed by atoms with van der Waals surface area (Å²) in [7, 11) is 0. The van der Waals surface area contributed by atoms with Crippen LogP contribution in [-0.4, -0.2) is 34.4 Å². The number of carbonyl (C=O) groups excluding carboxylic acids is 1. The molecule has 2 aromatic rings. The summed E-state index contributed by atoms with van der Waals surface area (Å²) in [5, 5.41) is 18.1. The molecule has 178 valence electrons. The van der Waals surface area contributed by atoms with Gasteiger partial charge in [0.05, 0.1) is 23.9 Å². The van der Waals surface area contributed by atoms with E-state index in [9.17, 15) is 23.1 Å². The summed E-state index contributed by atoms with van der Waals surface area (Å²) in [5.74, 6) is -1.88. The number of nitrogens with zero attached hydrogens (tertiary/aromatic N) is 3. The van der Waals surface area contributed by atoms with E-state index in [1.54, 1.807) is 18.2 Å². The number of hydrogen-bond acceptors (Lipinski definition) is 5. The Morgan fingerprint density at radius 3 is 2.62 bits per heavy atom. The second-order valence-corrected chi connectivity index (χ2v) is 8.87. The van der Waals surface area contributed by atoms with Gasteiger partial charge in [-0.15, -0.1) is 0 Å². The molecule has 1 amide bonds. The van der Waals surface area contributed by atoms with Crippen molar-refractivity contribution in [2.24, 2.45) is 0 Å². The number of rotatable bonds is 3. The number of halogens is 4. The molecule has 0 radical (unpaired) electrons. The molecule has 1 saturated heterocycles. The van der Waals surface area contributed by atoms with Crippen molar-refractivity contribution in [1.82, 2.24) is 0 Å². The van der Waals surface area contributed by atoms with Crippen molar-refractivity contribution in [3.05, 3.63) is 52.8 Å². The van der Waals surface area contributed by atoms with Crippen molar-refractivity contribution in [3.63, 3.8) is 0 Å². The van der Waals surface area contributed by atoms with E-state index in [2.05, 4.69) is 0 Å². The van der Waals surface area contributed by atoms with E-state index in [0.29, 0.717) is 24.3 Å². The van der Waals surface area contributed by atoms with Crippen LogP contribution >= 0.6 is 12.2 Å². The van der Waals surface area contributed by atoms with Crippen LogP contribution in [-0.2, 0) is 17.4 Å². The summed E-state index contributed by atoms with van der Waals surface area (Å²) < 4.78 is 61.3. The van der Waals surface area contributed by atoms with E-state index < -0.39 is 40.3 Å². The summed E-state index contributed by atoms with van der Waals surface area (Å²) in [6, 6.07) is 8.16.